The second-order valence-electron chi connectivity index (χ2n) is 3.12. The monoisotopic (exact) mass is 184 g/mol. The Bertz CT molecular complexity index is 142. The first-order valence-corrected chi connectivity index (χ1v) is 4.94. The lowest BCUT2D eigenvalue weighted by Gasteiger charge is -2.15. The maximum Gasteiger partial charge on any atom is 0.0621 e. The minimum absolute atomic E-state index is 0.680. The molecule has 0 heterocycles. The van der Waals surface area contributed by atoms with E-state index in [2.05, 4.69) is 18.0 Å². The molecule has 0 rings (SSSR count). The molecule has 76 valence electrons. The van der Waals surface area contributed by atoms with Gasteiger partial charge in [0.1, 0.15) is 0 Å². The van der Waals surface area contributed by atoms with E-state index in [-0.39, 0.29) is 0 Å². The number of ether oxygens (including phenoxy) is 1. The van der Waals surface area contributed by atoms with Crippen molar-refractivity contribution in [1.29, 1.82) is 5.26 Å². The van der Waals surface area contributed by atoms with Crippen LogP contribution in [-0.4, -0.2) is 38.3 Å². The molecule has 0 unspecified atom stereocenters. The Balaban J connectivity index is 3.11. The highest BCUT2D eigenvalue weighted by molar-refractivity contribution is 4.68. The largest absolute Gasteiger partial charge is 0.380 e. The van der Waals surface area contributed by atoms with Gasteiger partial charge < -0.3 is 9.64 Å². The molecule has 0 N–H and O–H groups in total. The van der Waals surface area contributed by atoms with E-state index in [4.69, 9.17) is 10.00 Å². The zero-order chi connectivity index (χ0) is 9.94. The Morgan fingerprint density at radius 1 is 1.31 bits per heavy atom. The summed E-state index contributed by atoms with van der Waals surface area (Å²) in [6.45, 7) is 5.66. The minimum Gasteiger partial charge on any atom is -0.380 e. The number of likely N-dealkylation sites (N-methyl/N-ethyl adjacent to an activating group) is 1. The lowest BCUT2D eigenvalue weighted by molar-refractivity contribution is 0.122. The van der Waals surface area contributed by atoms with Gasteiger partial charge in [0.05, 0.1) is 12.7 Å². The maximum absolute atomic E-state index is 8.32. The number of nitrogens with zero attached hydrogens (tertiary/aromatic N) is 2. The molecule has 0 aliphatic heterocycles. The molecular weight excluding hydrogens is 164 g/mol. The number of unbranched alkanes of at least 4 members (excludes halogenated alkanes) is 2. The van der Waals surface area contributed by atoms with Gasteiger partial charge in [-0.3, -0.25) is 0 Å². The second-order valence-corrected chi connectivity index (χ2v) is 3.12. The first kappa shape index (κ1) is 12.4. The van der Waals surface area contributed by atoms with Gasteiger partial charge in [0.2, 0.25) is 0 Å². The first-order valence-electron chi connectivity index (χ1n) is 4.94. The van der Waals surface area contributed by atoms with Crippen LogP contribution in [0.25, 0.3) is 0 Å². The predicted molar refractivity (Wildman–Crippen MR) is 53.5 cm³/mol. The van der Waals surface area contributed by atoms with Crippen LogP contribution in [0.4, 0.5) is 0 Å². The third kappa shape index (κ3) is 9.32. The van der Waals surface area contributed by atoms with E-state index in [1.54, 1.807) is 0 Å². The van der Waals surface area contributed by atoms with Crippen LogP contribution in [0.5, 0.6) is 0 Å². The van der Waals surface area contributed by atoms with E-state index in [1.807, 2.05) is 6.92 Å². The standard InChI is InChI=1S/C10H20N2O/c1-3-13-10-9-12(2)8-6-4-5-7-11/h3-6,8-10H2,1-2H3. The van der Waals surface area contributed by atoms with E-state index >= 15 is 0 Å². The number of nitriles is 1. The van der Waals surface area contributed by atoms with Gasteiger partial charge in [0.15, 0.2) is 0 Å². The Hall–Kier alpha value is -0.590. The van der Waals surface area contributed by atoms with Crippen molar-refractivity contribution in [3.63, 3.8) is 0 Å². The average Bonchev–Trinajstić information content (AvgIpc) is 2.13. The molecule has 0 aliphatic rings. The molecule has 0 aromatic heterocycles. The Labute approximate surface area is 81.3 Å². The molecule has 0 aliphatic carbocycles. The smallest absolute Gasteiger partial charge is 0.0621 e. The van der Waals surface area contributed by atoms with Crippen molar-refractivity contribution in [3.05, 3.63) is 0 Å². The van der Waals surface area contributed by atoms with Gasteiger partial charge in [-0.05, 0) is 33.4 Å². The van der Waals surface area contributed by atoms with Crippen molar-refractivity contribution in [2.45, 2.75) is 26.2 Å². The predicted octanol–water partition coefficient (Wildman–Crippen LogP) is 1.65. The molecule has 0 bridgehead atoms. The normalized spacial score (nSPS) is 10.3. The SMILES string of the molecule is CCOCCN(C)CCCCC#N. The lowest BCUT2D eigenvalue weighted by Crippen LogP contribution is -2.24. The molecule has 0 aromatic rings. The van der Waals surface area contributed by atoms with Crippen LogP contribution in [0.2, 0.25) is 0 Å². The van der Waals surface area contributed by atoms with Crippen molar-refractivity contribution in [2.75, 3.05) is 33.4 Å². The molecule has 0 saturated carbocycles. The van der Waals surface area contributed by atoms with Crippen molar-refractivity contribution in [2.24, 2.45) is 0 Å². The first-order chi connectivity index (χ1) is 6.31. The highest BCUT2D eigenvalue weighted by atomic mass is 16.5. The summed E-state index contributed by atoms with van der Waals surface area (Å²) in [6, 6.07) is 2.15. The average molecular weight is 184 g/mol. The van der Waals surface area contributed by atoms with Gasteiger partial charge in [0, 0.05) is 19.6 Å². The van der Waals surface area contributed by atoms with E-state index in [0.717, 1.165) is 39.1 Å². The van der Waals surface area contributed by atoms with Crippen LogP contribution in [0, 0.1) is 11.3 Å². The molecule has 0 amide bonds. The summed E-state index contributed by atoms with van der Waals surface area (Å²) in [5, 5.41) is 8.32. The summed E-state index contributed by atoms with van der Waals surface area (Å²) in [7, 11) is 2.09. The zero-order valence-corrected chi connectivity index (χ0v) is 8.75. The third-order valence-electron chi connectivity index (χ3n) is 1.90. The highest BCUT2D eigenvalue weighted by Crippen LogP contribution is 1.95. The van der Waals surface area contributed by atoms with E-state index in [0.29, 0.717) is 6.42 Å². The van der Waals surface area contributed by atoms with Crippen LogP contribution < -0.4 is 0 Å². The van der Waals surface area contributed by atoms with Crippen molar-refractivity contribution in [1.82, 2.24) is 4.90 Å². The highest BCUT2D eigenvalue weighted by Gasteiger charge is 1.96. The van der Waals surface area contributed by atoms with Gasteiger partial charge in [-0.15, -0.1) is 0 Å². The quantitative estimate of drug-likeness (QED) is 0.538. The molecule has 13 heavy (non-hydrogen) atoms. The summed E-state index contributed by atoms with van der Waals surface area (Å²) >= 11 is 0. The maximum atomic E-state index is 8.32. The summed E-state index contributed by atoms with van der Waals surface area (Å²) in [5.74, 6) is 0. The topological polar surface area (TPSA) is 36.3 Å². The molecule has 0 atom stereocenters. The van der Waals surface area contributed by atoms with Gasteiger partial charge in [0.25, 0.3) is 0 Å². The minimum atomic E-state index is 0.680. The lowest BCUT2D eigenvalue weighted by atomic mass is 10.2. The Kier molecular flexibility index (Phi) is 9.07. The third-order valence-corrected chi connectivity index (χ3v) is 1.90. The summed E-state index contributed by atoms with van der Waals surface area (Å²) in [4.78, 5) is 2.24. The van der Waals surface area contributed by atoms with Crippen LogP contribution in [-0.2, 0) is 4.74 Å². The van der Waals surface area contributed by atoms with Gasteiger partial charge >= 0.3 is 0 Å². The van der Waals surface area contributed by atoms with E-state index < -0.39 is 0 Å². The van der Waals surface area contributed by atoms with Crippen molar-refractivity contribution < 1.29 is 4.74 Å². The fourth-order valence-corrected chi connectivity index (χ4v) is 1.06. The van der Waals surface area contributed by atoms with Crippen LogP contribution in [0.15, 0.2) is 0 Å². The molecule has 0 aromatic carbocycles. The molecular formula is C10H20N2O. The number of hydrogen-bond donors (Lipinski definition) is 0. The molecule has 0 saturated heterocycles. The molecule has 0 fully saturated rings. The van der Waals surface area contributed by atoms with Crippen LogP contribution >= 0.6 is 0 Å². The summed E-state index contributed by atoms with van der Waals surface area (Å²) in [5.41, 5.74) is 0. The van der Waals surface area contributed by atoms with E-state index in [9.17, 15) is 0 Å². The molecule has 0 radical (unpaired) electrons. The second kappa shape index (κ2) is 9.50. The fourth-order valence-electron chi connectivity index (χ4n) is 1.06. The zero-order valence-electron chi connectivity index (χ0n) is 8.75. The Morgan fingerprint density at radius 3 is 2.69 bits per heavy atom. The molecule has 0 spiro atoms. The fraction of sp³-hybridized carbons (Fsp3) is 0.900. The van der Waals surface area contributed by atoms with Crippen molar-refractivity contribution in [3.8, 4) is 6.07 Å². The van der Waals surface area contributed by atoms with Gasteiger partial charge in [-0.2, -0.15) is 5.26 Å². The van der Waals surface area contributed by atoms with E-state index in [1.165, 1.54) is 0 Å². The van der Waals surface area contributed by atoms with Gasteiger partial charge in [-0.25, -0.2) is 0 Å². The molecule has 3 heteroatoms. The summed E-state index contributed by atoms with van der Waals surface area (Å²) in [6.07, 6.45) is 2.80. The number of rotatable bonds is 8. The molecule has 3 nitrogen and oxygen atoms in total. The number of hydrogen-bond acceptors (Lipinski definition) is 3. The van der Waals surface area contributed by atoms with Crippen molar-refractivity contribution >= 4 is 0 Å². The van der Waals surface area contributed by atoms with Gasteiger partial charge in [-0.1, -0.05) is 0 Å². The van der Waals surface area contributed by atoms with Crippen LogP contribution in [0.1, 0.15) is 26.2 Å². The Morgan fingerprint density at radius 2 is 2.08 bits per heavy atom. The summed E-state index contributed by atoms with van der Waals surface area (Å²) < 4.78 is 5.24. The van der Waals surface area contributed by atoms with Crippen LogP contribution in [0.3, 0.4) is 0 Å².